The molecule has 0 radical (unpaired) electrons. The largest absolute Gasteiger partial charge is 0.311 e. The van der Waals surface area contributed by atoms with Crippen molar-refractivity contribution in [3.8, 4) is 27.9 Å². The first-order valence-electron chi connectivity index (χ1n) is 31.8. The van der Waals surface area contributed by atoms with Crippen LogP contribution >= 0.6 is 0 Å². The van der Waals surface area contributed by atoms with Gasteiger partial charge in [-0.05, 0) is 204 Å². The Morgan fingerprint density at radius 3 is 1.10 bits per heavy atom. The highest BCUT2D eigenvalue weighted by Gasteiger charge is 2.44. The summed E-state index contributed by atoms with van der Waals surface area (Å²) in [4.78, 5) is 5.24. The van der Waals surface area contributed by atoms with Crippen LogP contribution in [0.4, 0.5) is 34.1 Å². The van der Waals surface area contributed by atoms with E-state index in [2.05, 4.69) is 335 Å². The van der Waals surface area contributed by atoms with Gasteiger partial charge in [-0.1, -0.05) is 242 Å². The summed E-state index contributed by atoms with van der Waals surface area (Å²) in [6, 6.07) is 106. The third-order valence-electron chi connectivity index (χ3n) is 20.0. The van der Waals surface area contributed by atoms with Crippen LogP contribution in [0, 0.1) is 0 Å². The molecule has 2 aliphatic rings. The monoisotopic (exact) mass is 1150 g/mol. The van der Waals surface area contributed by atoms with Crippen molar-refractivity contribution in [1.29, 1.82) is 0 Å². The first-order valence-corrected chi connectivity index (χ1v) is 31.8. The second-order valence-corrected chi connectivity index (χ2v) is 27.2. The molecule has 16 aromatic rings. The molecular formula is C86H64BN3. The van der Waals surface area contributed by atoms with Crippen molar-refractivity contribution in [2.45, 2.75) is 52.4 Å². The van der Waals surface area contributed by atoms with Crippen molar-refractivity contribution in [1.82, 2.24) is 4.57 Å². The van der Waals surface area contributed by atoms with E-state index in [1.54, 1.807) is 0 Å². The van der Waals surface area contributed by atoms with Crippen LogP contribution in [0.5, 0.6) is 0 Å². The van der Waals surface area contributed by atoms with Gasteiger partial charge in [0.25, 0.3) is 6.71 Å². The van der Waals surface area contributed by atoms with E-state index in [4.69, 9.17) is 0 Å². The summed E-state index contributed by atoms with van der Waals surface area (Å²) in [6.07, 6.45) is 0. The summed E-state index contributed by atoms with van der Waals surface area (Å²) in [5.74, 6) is 0. The Morgan fingerprint density at radius 1 is 0.244 bits per heavy atom. The van der Waals surface area contributed by atoms with Crippen molar-refractivity contribution >= 4 is 144 Å². The highest BCUT2D eigenvalue weighted by Crippen LogP contribution is 2.50. The van der Waals surface area contributed by atoms with Crippen LogP contribution < -0.4 is 26.2 Å². The minimum Gasteiger partial charge on any atom is -0.311 e. The van der Waals surface area contributed by atoms with Crippen molar-refractivity contribution in [2.75, 3.05) is 9.80 Å². The van der Waals surface area contributed by atoms with E-state index < -0.39 is 0 Å². The minimum absolute atomic E-state index is 0.0251. The highest BCUT2D eigenvalue weighted by molar-refractivity contribution is 7.00. The lowest BCUT2D eigenvalue weighted by molar-refractivity contribution is 0.590. The number of hydrogen-bond donors (Lipinski definition) is 0. The summed E-state index contributed by atoms with van der Waals surface area (Å²) in [5, 5.41) is 17.6. The molecule has 4 heteroatoms. The summed E-state index contributed by atoms with van der Waals surface area (Å²) in [5.41, 5.74) is 21.5. The summed E-state index contributed by atoms with van der Waals surface area (Å²) in [6.45, 7) is 13.8. The van der Waals surface area contributed by atoms with Crippen LogP contribution in [0.25, 0.3) is 114 Å². The van der Waals surface area contributed by atoms with Gasteiger partial charge in [0.2, 0.25) is 0 Å². The predicted molar refractivity (Wildman–Crippen MR) is 388 cm³/mol. The van der Waals surface area contributed by atoms with Crippen LogP contribution in [0.2, 0.25) is 0 Å². The lowest BCUT2D eigenvalue weighted by Crippen LogP contribution is -2.61. The van der Waals surface area contributed by atoms with Crippen LogP contribution in [0.1, 0.15) is 52.7 Å². The van der Waals surface area contributed by atoms with E-state index in [1.165, 1.54) is 142 Å². The number of aromatic nitrogens is 1. The summed E-state index contributed by atoms with van der Waals surface area (Å²) in [7, 11) is 0. The van der Waals surface area contributed by atoms with Gasteiger partial charge in [0.1, 0.15) is 0 Å². The lowest BCUT2D eigenvalue weighted by atomic mass is 9.33. The van der Waals surface area contributed by atoms with Gasteiger partial charge < -0.3 is 14.4 Å². The zero-order valence-electron chi connectivity index (χ0n) is 51.5. The van der Waals surface area contributed by atoms with Gasteiger partial charge in [0.15, 0.2) is 0 Å². The summed E-state index contributed by atoms with van der Waals surface area (Å²) >= 11 is 0. The molecule has 0 saturated carbocycles. The quantitative estimate of drug-likeness (QED) is 0.126. The molecule has 0 fully saturated rings. The van der Waals surface area contributed by atoms with Gasteiger partial charge in [-0.3, -0.25) is 0 Å². The number of nitrogens with zero attached hydrogens (tertiary/aromatic N) is 3. The summed E-state index contributed by atoms with van der Waals surface area (Å²) < 4.78 is 2.54. The lowest BCUT2D eigenvalue weighted by Gasteiger charge is -2.45. The molecule has 0 saturated heterocycles. The number of fused-ring (bicyclic) bond motifs is 19. The molecule has 0 atom stereocenters. The Balaban J connectivity index is 0.968. The van der Waals surface area contributed by atoms with Crippen molar-refractivity contribution in [3.63, 3.8) is 0 Å². The molecular weight excluding hydrogens is 1090 g/mol. The Kier molecular flexibility index (Phi) is 11.3. The van der Waals surface area contributed by atoms with Crippen LogP contribution in [-0.2, 0) is 10.8 Å². The van der Waals surface area contributed by atoms with Crippen molar-refractivity contribution in [2.24, 2.45) is 0 Å². The second-order valence-electron chi connectivity index (χ2n) is 27.2. The Labute approximate surface area is 525 Å². The van der Waals surface area contributed by atoms with E-state index in [1.807, 2.05) is 0 Å². The molecule has 1 aromatic heterocycles. The maximum atomic E-state index is 2.64. The highest BCUT2D eigenvalue weighted by atomic mass is 15.2. The normalized spacial score (nSPS) is 13.2. The molecule has 0 spiro atoms. The molecule has 0 N–H and O–H groups in total. The fraction of sp³-hybridized carbons (Fsp3) is 0.0930. The molecule has 3 nitrogen and oxygen atoms in total. The maximum absolute atomic E-state index is 2.64. The maximum Gasteiger partial charge on any atom is 0.252 e. The fourth-order valence-electron chi connectivity index (χ4n) is 15.6. The number of benzene rings is 15. The zero-order valence-corrected chi connectivity index (χ0v) is 51.5. The standard InChI is InChI=1S/C86H64BN3/c1-85(2,3)57-34-43-78-74(48-57)75-49-58(86(4,5)6)35-44-79(75)88(78)61-38-41-76-81(52-61)90(60-37-40-71-67-30-16-14-26-63(67)65-28-18-20-32-69(65)73(71)51-60)83-47-56(54-23-11-8-12-24-54)46-82-84(83)87(76)77-45-55(53-21-9-7-10-22-53)33-42-80(77)89(82)59-36-39-70-66-29-15-13-25-62(66)64-27-17-19-31-68(64)72(70)50-59/h7-52H,1-6H3. The second kappa shape index (κ2) is 19.4. The molecule has 0 unspecified atom stereocenters. The number of anilines is 6. The molecule has 0 aliphatic carbocycles. The average Bonchev–Trinajstić information content (AvgIpc) is 0.727. The fourth-order valence-corrected chi connectivity index (χ4v) is 15.6. The first-order chi connectivity index (χ1) is 43.9. The van der Waals surface area contributed by atoms with E-state index in [-0.39, 0.29) is 17.5 Å². The van der Waals surface area contributed by atoms with Gasteiger partial charge in [0, 0.05) is 50.6 Å². The van der Waals surface area contributed by atoms with Crippen LogP contribution in [-0.4, -0.2) is 11.3 Å². The molecule has 90 heavy (non-hydrogen) atoms. The molecule has 0 amide bonds. The van der Waals surface area contributed by atoms with Crippen LogP contribution in [0.15, 0.2) is 279 Å². The third-order valence-corrected chi connectivity index (χ3v) is 20.0. The molecule has 2 aliphatic heterocycles. The van der Waals surface area contributed by atoms with E-state index in [0.29, 0.717) is 0 Å². The molecule has 3 heterocycles. The number of rotatable bonds is 5. The van der Waals surface area contributed by atoms with E-state index in [0.717, 1.165) is 34.0 Å². The van der Waals surface area contributed by atoms with Gasteiger partial charge >= 0.3 is 0 Å². The average molecular weight is 1150 g/mol. The zero-order chi connectivity index (χ0) is 60.3. The van der Waals surface area contributed by atoms with Gasteiger partial charge in [-0.15, -0.1) is 0 Å². The molecule has 0 bridgehead atoms. The van der Waals surface area contributed by atoms with E-state index in [9.17, 15) is 0 Å². The molecule has 426 valence electrons. The smallest absolute Gasteiger partial charge is 0.252 e. The van der Waals surface area contributed by atoms with Gasteiger partial charge in [-0.25, -0.2) is 0 Å². The molecule has 15 aromatic carbocycles. The Morgan fingerprint density at radius 2 is 0.644 bits per heavy atom. The van der Waals surface area contributed by atoms with Gasteiger partial charge in [0.05, 0.1) is 11.0 Å². The van der Waals surface area contributed by atoms with E-state index >= 15 is 0 Å². The molecule has 18 rings (SSSR count). The first kappa shape index (κ1) is 52.4. The SMILES string of the molecule is CC(C)(C)c1ccc2c(c1)c1cc(C(C)(C)C)ccc1n2-c1ccc2c(c1)N(c1ccc3c4ccccc4c4ccccc4c3c1)c1cc(-c3ccccc3)cc3c1B2c1cc(-c2ccccc2)ccc1N3c1ccc2c3ccccc3c3ccccc3c2c1. The topological polar surface area (TPSA) is 11.4 Å². The minimum atomic E-state index is -0.146. The van der Waals surface area contributed by atoms with Gasteiger partial charge in [-0.2, -0.15) is 0 Å². The predicted octanol–water partition coefficient (Wildman–Crippen LogP) is 21.7. The van der Waals surface area contributed by atoms with Crippen LogP contribution in [0.3, 0.4) is 0 Å². The number of hydrogen-bond acceptors (Lipinski definition) is 2. The Bertz CT molecular complexity index is 5560. The van der Waals surface area contributed by atoms with Crippen molar-refractivity contribution < 1.29 is 0 Å². The Hall–Kier alpha value is -10.7. The third kappa shape index (κ3) is 7.86. The van der Waals surface area contributed by atoms with Crippen molar-refractivity contribution in [3.05, 3.63) is 290 Å².